The molecule has 0 spiro atoms. The van der Waals surface area contributed by atoms with Gasteiger partial charge in [0.25, 0.3) is 0 Å². The van der Waals surface area contributed by atoms with Gasteiger partial charge < -0.3 is 5.73 Å². The molecule has 3 N–H and O–H groups in total. The minimum Gasteiger partial charge on any atom is -0.378 e. The molecular formula is C11H11N5O4S. The number of hydrogen-bond donors (Lipinski definition) is 2. The highest BCUT2D eigenvalue weighted by Gasteiger charge is 2.21. The number of aromatic nitrogens is 2. The number of nitrogens with one attached hydrogen (secondary N) is 1. The van der Waals surface area contributed by atoms with Crippen LogP contribution in [-0.2, 0) is 16.6 Å². The lowest BCUT2D eigenvalue weighted by atomic mass is 10.3. The Bertz CT molecular complexity index is 763. The van der Waals surface area contributed by atoms with Crippen molar-refractivity contribution in [2.75, 3.05) is 5.73 Å². The third-order valence-corrected chi connectivity index (χ3v) is 3.94. The smallest absolute Gasteiger partial charge is 0.312 e. The molecule has 0 bridgehead atoms. The van der Waals surface area contributed by atoms with Gasteiger partial charge in [0, 0.05) is 31.2 Å². The van der Waals surface area contributed by atoms with Crippen molar-refractivity contribution in [3.8, 4) is 0 Å². The highest BCUT2D eigenvalue weighted by Crippen LogP contribution is 2.22. The monoisotopic (exact) mass is 309 g/mol. The summed E-state index contributed by atoms with van der Waals surface area (Å²) < 4.78 is 26.4. The molecule has 0 fully saturated rings. The second-order valence-electron chi connectivity index (χ2n) is 4.02. The number of sulfonamides is 1. The van der Waals surface area contributed by atoms with Crippen LogP contribution in [0.15, 0.2) is 41.7 Å². The van der Waals surface area contributed by atoms with E-state index < -0.39 is 20.6 Å². The van der Waals surface area contributed by atoms with Gasteiger partial charge in [-0.3, -0.25) is 15.1 Å². The number of nitrogen functional groups attached to an aromatic ring is 1. The zero-order valence-corrected chi connectivity index (χ0v) is 11.4. The lowest BCUT2D eigenvalue weighted by molar-refractivity contribution is -0.384. The summed E-state index contributed by atoms with van der Waals surface area (Å²) in [6.45, 7) is 0.00828. The molecule has 21 heavy (non-hydrogen) atoms. The molecule has 0 aliphatic heterocycles. The van der Waals surface area contributed by atoms with Gasteiger partial charge in [0.2, 0.25) is 15.8 Å². The zero-order valence-electron chi connectivity index (χ0n) is 10.6. The van der Waals surface area contributed by atoms with Gasteiger partial charge in [-0.25, -0.2) is 18.1 Å². The second-order valence-corrected chi connectivity index (χ2v) is 5.79. The average Bonchev–Trinajstić information content (AvgIpc) is 2.46. The van der Waals surface area contributed by atoms with Gasteiger partial charge in [-0.15, -0.1) is 0 Å². The summed E-state index contributed by atoms with van der Waals surface area (Å²) in [5.74, 6) is -0.341. The number of nitrogens with zero attached hydrogens (tertiary/aromatic N) is 3. The lowest BCUT2D eigenvalue weighted by Crippen LogP contribution is -2.23. The van der Waals surface area contributed by atoms with Crippen molar-refractivity contribution in [3.05, 3.63) is 52.5 Å². The number of hydrogen-bond acceptors (Lipinski definition) is 7. The van der Waals surface area contributed by atoms with E-state index in [9.17, 15) is 18.5 Å². The van der Waals surface area contributed by atoms with Crippen molar-refractivity contribution >= 4 is 21.5 Å². The summed E-state index contributed by atoms with van der Waals surface area (Å²) >= 11 is 0. The maximum Gasteiger partial charge on any atom is 0.312 e. The van der Waals surface area contributed by atoms with Crippen molar-refractivity contribution in [1.82, 2.24) is 14.7 Å². The number of rotatable bonds is 5. The van der Waals surface area contributed by atoms with Crippen molar-refractivity contribution in [2.24, 2.45) is 0 Å². The van der Waals surface area contributed by atoms with Gasteiger partial charge >= 0.3 is 5.69 Å². The van der Waals surface area contributed by atoms with E-state index in [2.05, 4.69) is 14.7 Å². The van der Waals surface area contributed by atoms with Crippen molar-refractivity contribution in [2.45, 2.75) is 11.4 Å². The molecule has 0 radical (unpaired) electrons. The maximum atomic E-state index is 12.1. The molecule has 0 amide bonds. The van der Waals surface area contributed by atoms with Crippen LogP contribution in [0.2, 0.25) is 0 Å². The number of nitrogens with two attached hydrogens (primary N) is 1. The molecule has 110 valence electrons. The third-order valence-electron chi connectivity index (χ3n) is 2.57. The third kappa shape index (κ3) is 3.49. The molecule has 0 saturated heterocycles. The fraction of sp³-hybridized carbons (Fsp3) is 0.0909. The number of anilines is 1. The molecule has 0 aromatic carbocycles. The Balaban J connectivity index is 2.24. The van der Waals surface area contributed by atoms with Crippen LogP contribution in [0.1, 0.15) is 5.56 Å². The normalized spacial score (nSPS) is 11.2. The summed E-state index contributed by atoms with van der Waals surface area (Å²) in [7, 11) is -3.93. The molecule has 9 nitrogen and oxygen atoms in total. The van der Waals surface area contributed by atoms with Crippen LogP contribution < -0.4 is 10.5 Å². The highest BCUT2D eigenvalue weighted by atomic mass is 32.2. The molecular weight excluding hydrogens is 298 g/mol. The Morgan fingerprint density at radius 2 is 2.14 bits per heavy atom. The molecule has 2 aromatic heterocycles. The van der Waals surface area contributed by atoms with Crippen LogP contribution in [0.4, 0.5) is 11.5 Å². The largest absolute Gasteiger partial charge is 0.378 e. The van der Waals surface area contributed by atoms with E-state index in [1.807, 2.05) is 0 Å². The standard InChI is InChI=1S/C11H11N5O4S/c12-11-10(16(17)18)4-9(7-14-11)21(19,20)15-6-8-2-1-3-13-5-8/h1-5,7,15H,6H2,(H2,12,14). The maximum absolute atomic E-state index is 12.1. The van der Waals surface area contributed by atoms with E-state index in [-0.39, 0.29) is 17.3 Å². The summed E-state index contributed by atoms with van der Waals surface area (Å²) in [5.41, 5.74) is 5.42. The van der Waals surface area contributed by atoms with Gasteiger partial charge in [0.1, 0.15) is 4.90 Å². The van der Waals surface area contributed by atoms with Gasteiger partial charge in [0.15, 0.2) is 0 Å². The van der Waals surface area contributed by atoms with E-state index in [0.29, 0.717) is 5.56 Å². The molecule has 0 aliphatic carbocycles. The fourth-order valence-electron chi connectivity index (χ4n) is 1.50. The first kappa shape index (κ1) is 14.8. The van der Waals surface area contributed by atoms with Crippen LogP contribution in [-0.4, -0.2) is 23.3 Å². The van der Waals surface area contributed by atoms with E-state index >= 15 is 0 Å². The minimum absolute atomic E-state index is 0.00828. The summed E-state index contributed by atoms with van der Waals surface area (Å²) in [6, 6.07) is 4.23. The highest BCUT2D eigenvalue weighted by molar-refractivity contribution is 7.89. The van der Waals surface area contributed by atoms with Crippen LogP contribution in [0.3, 0.4) is 0 Å². The van der Waals surface area contributed by atoms with E-state index in [4.69, 9.17) is 5.73 Å². The zero-order chi connectivity index (χ0) is 15.5. The van der Waals surface area contributed by atoms with Crippen LogP contribution in [0, 0.1) is 10.1 Å². The summed E-state index contributed by atoms with van der Waals surface area (Å²) in [6.07, 6.45) is 4.03. The Kier molecular flexibility index (Phi) is 4.10. The van der Waals surface area contributed by atoms with Gasteiger partial charge in [-0.1, -0.05) is 6.07 Å². The van der Waals surface area contributed by atoms with Crippen LogP contribution >= 0.6 is 0 Å². The summed E-state index contributed by atoms with van der Waals surface area (Å²) in [5, 5.41) is 10.7. The number of pyridine rings is 2. The van der Waals surface area contributed by atoms with Gasteiger partial charge in [0.05, 0.1) is 4.92 Å². The molecule has 0 atom stereocenters. The average molecular weight is 309 g/mol. The predicted molar refractivity (Wildman–Crippen MR) is 73.6 cm³/mol. The molecule has 2 aromatic rings. The number of nitro groups is 1. The molecule has 2 rings (SSSR count). The van der Waals surface area contributed by atoms with Crippen molar-refractivity contribution in [1.29, 1.82) is 0 Å². The predicted octanol–water partition coefficient (Wildman–Crippen LogP) is 0.445. The first-order chi connectivity index (χ1) is 9.90. The molecule has 0 saturated carbocycles. The van der Waals surface area contributed by atoms with E-state index in [0.717, 1.165) is 12.3 Å². The fourth-order valence-corrected chi connectivity index (χ4v) is 2.48. The molecule has 2 heterocycles. The van der Waals surface area contributed by atoms with Gasteiger partial charge in [-0.2, -0.15) is 0 Å². The first-order valence-corrected chi connectivity index (χ1v) is 7.17. The first-order valence-electron chi connectivity index (χ1n) is 5.68. The van der Waals surface area contributed by atoms with E-state index in [1.165, 1.54) is 6.20 Å². The Morgan fingerprint density at radius 1 is 1.38 bits per heavy atom. The SMILES string of the molecule is Nc1ncc(S(=O)(=O)NCc2cccnc2)cc1[N+](=O)[O-]. The van der Waals surface area contributed by atoms with Crippen LogP contribution in [0.5, 0.6) is 0 Å². The Labute approximate surface area is 120 Å². The van der Waals surface area contributed by atoms with Crippen LogP contribution in [0.25, 0.3) is 0 Å². The Hall–Kier alpha value is -2.59. The minimum atomic E-state index is -3.93. The molecule has 0 aliphatic rings. The van der Waals surface area contributed by atoms with E-state index in [1.54, 1.807) is 18.3 Å². The molecule has 0 unspecified atom stereocenters. The topological polar surface area (TPSA) is 141 Å². The van der Waals surface area contributed by atoms with Crippen molar-refractivity contribution < 1.29 is 13.3 Å². The van der Waals surface area contributed by atoms with Crippen molar-refractivity contribution in [3.63, 3.8) is 0 Å². The second kappa shape index (κ2) is 5.81. The Morgan fingerprint density at radius 3 is 2.76 bits per heavy atom. The lowest BCUT2D eigenvalue weighted by Gasteiger charge is -2.06. The van der Waals surface area contributed by atoms with Gasteiger partial charge in [-0.05, 0) is 11.6 Å². The quantitative estimate of drug-likeness (QED) is 0.603. The molecule has 10 heteroatoms. The summed E-state index contributed by atoms with van der Waals surface area (Å²) in [4.78, 5) is 17.0.